The van der Waals surface area contributed by atoms with Crippen molar-refractivity contribution >= 4 is 11.7 Å². The number of nitrogens with zero attached hydrogens (tertiary/aromatic N) is 4. The molecule has 6 heteroatoms. The van der Waals surface area contributed by atoms with Crippen LogP contribution in [0.5, 0.6) is 0 Å². The zero-order valence-electron chi connectivity index (χ0n) is 12.3. The van der Waals surface area contributed by atoms with Crippen molar-refractivity contribution in [3.05, 3.63) is 42.5 Å². The van der Waals surface area contributed by atoms with Crippen LogP contribution < -0.4 is 4.90 Å². The molecule has 1 N–H and O–H groups in total. The quantitative estimate of drug-likeness (QED) is 0.844. The summed E-state index contributed by atoms with van der Waals surface area (Å²) >= 11 is 0. The predicted octanol–water partition coefficient (Wildman–Crippen LogP) is 2.03. The molecule has 0 radical (unpaired) electrons. The summed E-state index contributed by atoms with van der Waals surface area (Å²) in [4.78, 5) is 17.1. The summed E-state index contributed by atoms with van der Waals surface area (Å²) in [7, 11) is 0. The Morgan fingerprint density at radius 2 is 2.05 bits per heavy atom. The van der Waals surface area contributed by atoms with Crippen molar-refractivity contribution < 1.29 is 9.90 Å². The lowest BCUT2D eigenvalue weighted by atomic mass is 10.2. The average Bonchev–Trinajstić information content (AvgIpc) is 2.85. The number of rotatable bonds is 7. The molecule has 0 aliphatic rings. The number of carboxylic acid groups (broad SMARTS) is 1. The molecule has 2 rings (SSSR count). The molecule has 0 fully saturated rings. The molecule has 0 atom stereocenters. The van der Waals surface area contributed by atoms with Crippen molar-refractivity contribution in [2.75, 3.05) is 11.4 Å². The molecule has 0 aliphatic heterocycles. The van der Waals surface area contributed by atoms with Crippen LogP contribution in [0.1, 0.15) is 19.7 Å². The largest absolute Gasteiger partial charge is 0.480 e. The van der Waals surface area contributed by atoms with Crippen LogP contribution in [0.15, 0.2) is 36.7 Å². The fourth-order valence-electron chi connectivity index (χ4n) is 2.12. The first-order valence-corrected chi connectivity index (χ1v) is 6.94. The Hall–Kier alpha value is -2.37. The van der Waals surface area contributed by atoms with Crippen LogP contribution in [-0.2, 0) is 17.9 Å². The molecule has 0 amide bonds. The third kappa shape index (κ3) is 4.30. The Balaban J connectivity index is 2.19. The highest BCUT2D eigenvalue weighted by Gasteiger charge is 2.15. The fraction of sp³-hybridized carbons (Fsp3) is 0.400. The van der Waals surface area contributed by atoms with Crippen molar-refractivity contribution in [2.45, 2.75) is 26.9 Å². The Kier molecular flexibility index (Phi) is 4.92. The second kappa shape index (κ2) is 6.88. The van der Waals surface area contributed by atoms with Gasteiger partial charge in [-0.1, -0.05) is 32.0 Å². The van der Waals surface area contributed by atoms with E-state index >= 15 is 0 Å². The zero-order valence-corrected chi connectivity index (χ0v) is 12.3. The van der Waals surface area contributed by atoms with Gasteiger partial charge in [-0.2, -0.15) is 5.10 Å². The zero-order chi connectivity index (χ0) is 15.2. The minimum atomic E-state index is -0.867. The van der Waals surface area contributed by atoms with Crippen LogP contribution in [0, 0.1) is 5.92 Å². The van der Waals surface area contributed by atoms with Crippen LogP contribution in [0.2, 0.25) is 0 Å². The minimum absolute atomic E-state index is 0.0709. The molecule has 1 aromatic carbocycles. The van der Waals surface area contributed by atoms with Crippen LogP contribution in [0.25, 0.3) is 0 Å². The summed E-state index contributed by atoms with van der Waals surface area (Å²) in [5.74, 6) is 0.359. The lowest BCUT2D eigenvalue weighted by Gasteiger charge is -2.22. The Morgan fingerprint density at radius 3 is 2.67 bits per heavy atom. The van der Waals surface area contributed by atoms with E-state index in [1.807, 2.05) is 35.0 Å². The van der Waals surface area contributed by atoms with Gasteiger partial charge in [0.05, 0.1) is 6.54 Å². The average molecular weight is 288 g/mol. The molecule has 0 unspecified atom stereocenters. The lowest BCUT2D eigenvalue weighted by molar-refractivity contribution is -0.135. The van der Waals surface area contributed by atoms with E-state index in [9.17, 15) is 4.79 Å². The molecule has 0 bridgehead atoms. The van der Waals surface area contributed by atoms with Gasteiger partial charge in [0.25, 0.3) is 0 Å². The van der Waals surface area contributed by atoms with E-state index in [0.29, 0.717) is 12.5 Å². The van der Waals surface area contributed by atoms with Crippen LogP contribution in [0.4, 0.5) is 5.69 Å². The Labute approximate surface area is 124 Å². The molecule has 0 saturated carbocycles. The summed E-state index contributed by atoms with van der Waals surface area (Å²) in [5.41, 5.74) is 0.860. The number of hydrogen-bond acceptors (Lipinski definition) is 4. The smallest absolute Gasteiger partial charge is 0.323 e. The standard InChI is InChI=1S/C15H20N4O2/c1-12(2)8-19-14(16-11-17-19)9-18(10-15(20)21)13-6-4-3-5-7-13/h3-7,11-12H,8-10H2,1-2H3,(H,20,21). The second-order valence-corrected chi connectivity index (χ2v) is 5.34. The molecule has 0 saturated heterocycles. The molecule has 0 spiro atoms. The molecule has 6 nitrogen and oxygen atoms in total. The normalized spacial score (nSPS) is 10.8. The summed E-state index contributed by atoms with van der Waals surface area (Å²) in [6.07, 6.45) is 1.52. The fourth-order valence-corrected chi connectivity index (χ4v) is 2.12. The van der Waals surface area contributed by atoms with E-state index < -0.39 is 5.97 Å². The van der Waals surface area contributed by atoms with E-state index in [0.717, 1.165) is 18.1 Å². The highest BCUT2D eigenvalue weighted by Crippen LogP contribution is 2.16. The number of carbonyl (C=O) groups is 1. The topological polar surface area (TPSA) is 71.2 Å². The first kappa shape index (κ1) is 15.0. The van der Waals surface area contributed by atoms with E-state index in [2.05, 4.69) is 23.9 Å². The monoisotopic (exact) mass is 288 g/mol. The first-order chi connectivity index (χ1) is 10.1. The van der Waals surface area contributed by atoms with Crippen molar-refractivity contribution in [2.24, 2.45) is 5.92 Å². The second-order valence-electron chi connectivity index (χ2n) is 5.34. The van der Waals surface area contributed by atoms with E-state index in [-0.39, 0.29) is 6.54 Å². The third-order valence-corrected chi connectivity index (χ3v) is 3.01. The van der Waals surface area contributed by atoms with Crippen LogP contribution in [0.3, 0.4) is 0 Å². The van der Waals surface area contributed by atoms with Crippen LogP contribution >= 0.6 is 0 Å². The van der Waals surface area contributed by atoms with Gasteiger partial charge in [-0.15, -0.1) is 0 Å². The molecule has 0 aliphatic carbocycles. The summed E-state index contributed by atoms with van der Waals surface area (Å²) in [5, 5.41) is 13.3. The maximum Gasteiger partial charge on any atom is 0.323 e. The van der Waals surface area contributed by atoms with Gasteiger partial charge < -0.3 is 10.0 Å². The lowest BCUT2D eigenvalue weighted by Crippen LogP contribution is -2.30. The third-order valence-electron chi connectivity index (χ3n) is 3.01. The Morgan fingerprint density at radius 1 is 1.33 bits per heavy atom. The highest BCUT2D eigenvalue weighted by atomic mass is 16.4. The van der Waals surface area contributed by atoms with Gasteiger partial charge in [0.2, 0.25) is 0 Å². The molecule has 21 heavy (non-hydrogen) atoms. The maximum absolute atomic E-state index is 11.1. The van der Waals surface area contributed by atoms with Crippen molar-refractivity contribution in [3.63, 3.8) is 0 Å². The molecule has 112 valence electrons. The molecule has 1 aromatic heterocycles. The number of para-hydroxylation sites is 1. The van der Waals surface area contributed by atoms with E-state index in [1.165, 1.54) is 6.33 Å². The summed E-state index contributed by atoms with van der Waals surface area (Å²) in [6, 6.07) is 9.48. The number of carboxylic acids is 1. The summed E-state index contributed by atoms with van der Waals surface area (Å²) < 4.78 is 1.84. The van der Waals surface area contributed by atoms with Crippen LogP contribution in [-0.4, -0.2) is 32.4 Å². The van der Waals surface area contributed by atoms with Gasteiger partial charge in [0, 0.05) is 12.2 Å². The molecule has 1 heterocycles. The molecule has 2 aromatic rings. The number of anilines is 1. The Bertz CT molecular complexity index is 580. The minimum Gasteiger partial charge on any atom is -0.480 e. The number of aliphatic carboxylic acids is 1. The predicted molar refractivity (Wildman–Crippen MR) is 80.0 cm³/mol. The first-order valence-electron chi connectivity index (χ1n) is 6.94. The summed E-state index contributed by atoms with van der Waals surface area (Å²) in [6.45, 7) is 5.34. The molecular formula is C15H20N4O2. The SMILES string of the molecule is CC(C)Cn1ncnc1CN(CC(=O)O)c1ccccc1. The van der Waals surface area contributed by atoms with Gasteiger partial charge in [-0.05, 0) is 18.1 Å². The van der Waals surface area contributed by atoms with Gasteiger partial charge >= 0.3 is 5.97 Å². The maximum atomic E-state index is 11.1. The van der Waals surface area contributed by atoms with Gasteiger partial charge in [-0.25, -0.2) is 9.67 Å². The molecular weight excluding hydrogens is 268 g/mol. The number of aromatic nitrogens is 3. The van der Waals surface area contributed by atoms with Crippen molar-refractivity contribution in [1.82, 2.24) is 14.8 Å². The van der Waals surface area contributed by atoms with Gasteiger partial charge in [-0.3, -0.25) is 4.79 Å². The number of hydrogen-bond donors (Lipinski definition) is 1. The van der Waals surface area contributed by atoms with E-state index in [1.54, 1.807) is 4.90 Å². The number of benzene rings is 1. The highest BCUT2D eigenvalue weighted by molar-refractivity contribution is 5.73. The van der Waals surface area contributed by atoms with Gasteiger partial charge in [0.1, 0.15) is 18.7 Å². The van der Waals surface area contributed by atoms with Crippen molar-refractivity contribution in [3.8, 4) is 0 Å². The van der Waals surface area contributed by atoms with Crippen molar-refractivity contribution in [1.29, 1.82) is 0 Å². The van der Waals surface area contributed by atoms with E-state index in [4.69, 9.17) is 5.11 Å². The van der Waals surface area contributed by atoms with Gasteiger partial charge in [0.15, 0.2) is 0 Å².